The van der Waals surface area contributed by atoms with Gasteiger partial charge in [-0.3, -0.25) is 0 Å². The van der Waals surface area contributed by atoms with Crippen molar-refractivity contribution < 1.29 is 4.79 Å². The maximum absolute atomic E-state index is 11.8. The van der Waals surface area contributed by atoms with Crippen LogP contribution < -0.4 is 10.6 Å². The minimum atomic E-state index is -0.212. The molecule has 3 rings (SSSR count). The molecule has 1 aromatic carbocycles. The molecule has 0 spiro atoms. The van der Waals surface area contributed by atoms with Crippen LogP contribution in [-0.2, 0) is 13.5 Å². The fraction of sp³-hybridized carbons (Fsp3) is 0.556. The molecule has 1 saturated carbocycles. The van der Waals surface area contributed by atoms with E-state index in [4.69, 9.17) is 4.98 Å². The van der Waals surface area contributed by atoms with E-state index in [1.54, 1.807) is 0 Å². The quantitative estimate of drug-likeness (QED) is 0.911. The first-order valence-electron chi connectivity index (χ1n) is 8.35. The van der Waals surface area contributed by atoms with Gasteiger partial charge in [-0.05, 0) is 57.7 Å². The molecule has 0 saturated heterocycles. The lowest BCUT2D eigenvalue weighted by Gasteiger charge is -2.20. The van der Waals surface area contributed by atoms with E-state index in [2.05, 4.69) is 40.4 Å². The lowest BCUT2D eigenvalue weighted by atomic mass is 10.1. The number of nitrogens with one attached hydrogen (secondary N) is 2. The van der Waals surface area contributed by atoms with Crippen molar-refractivity contribution in [3.05, 3.63) is 29.6 Å². The number of fused-ring (bicyclic) bond motifs is 1. The molecule has 2 N–H and O–H groups in total. The molecule has 1 aliphatic rings. The molecule has 0 atom stereocenters. The lowest BCUT2D eigenvalue weighted by Crippen LogP contribution is -2.46. The molecule has 2 amide bonds. The van der Waals surface area contributed by atoms with Crippen molar-refractivity contribution in [1.82, 2.24) is 20.2 Å². The molecule has 5 heteroatoms. The van der Waals surface area contributed by atoms with Crippen LogP contribution in [0, 0.1) is 0 Å². The van der Waals surface area contributed by atoms with Crippen LogP contribution in [0.5, 0.6) is 0 Å². The topological polar surface area (TPSA) is 59.0 Å². The predicted octanol–water partition coefficient (Wildman–Crippen LogP) is 3.09. The molecular formula is C18H26N4O. The van der Waals surface area contributed by atoms with Crippen LogP contribution in [-0.4, -0.2) is 27.7 Å². The molecule has 23 heavy (non-hydrogen) atoms. The van der Waals surface area contributed by atoms with Gasteiger partial charge in [0, 0.05) is 25.0 Å². The second-order valence-corrected chi connectivity index (χ2v) is 7.51. The SMILES string of the molecule is Cn1c(C2CC2)nc2cc(CCNC(=O)NC(C)(C)C)ccc21. The van der Waals surface area contributed by atoms with Crippen LogP contribution >= 0.6 is 0 Å². The number of imidazole rings is 1. The molecule has 0 aliphatic heterocycles. The summed E-state index contributed by atoms with van der Waals surface area (Å²) in [5.41, 5.74) is 3.24. The summed E-state index contributed by atoms with van der Waals surface area (Å²) < 4.78 is 2.21. The molecule has 0 radical (unpaired) electrons. The van der Waals surface area contributed by atoms with Crippen LogP contribution in [0.3, 0.4) is 0 Å². The minimum Gasteiger partial charge on any atom is -0.338 e. The van der Waals surface area contributed by atoms with Crippen molar-refractivity contribution in [2.24, 2.45) is 7.05 Å². The largest absolute Gasteiger partial charge is 0.338 e. The maximum atomic E-state index is 11.8. The number of carbonyl (C=O) groups excluding carboxylic acids is 1. The molecular weight excluding hydrogens is 288 g/mol. The monoisotopic (exact) mass is 314 g/mol. The Hall–Kier alpha value is -2.04. The van der Waals surface area contributed by atoms with Crippen molar-refractivity contribution in [3.63, 3.8) is 0 Å². The number of amides is 2. The van der Waals surface area contributed by atoms with Gasteiger partial charge >= 0.3 is 6.03 Å². The summed E-state index contributed by atoms with van der Waals surface area (Å²) in [4.78, 5) is 16.5. The average Bonchev–Trinajstić information content (AvgIpc) is 3.22. The molecule has 0 unspecified atom stereocenters. The second kappa shape index (κ2) is 5.87. The van der Waals surface area contributed by atoms with Crippen LogP contribution in [0.25, 0.3) is 11.0 Å². The molecule has 2 aromatic rings. The second-order valence-electron chi connectivity index (χ2n) is 7.51. The zero-order valence-electron chi connectivity index (χ0n) is 14.4. The third kappa shape index (κ3) is 3.84. The van der Waals surface area contributed by atoms with Crippen molar-refractivity contribution in [2.75, 3.05) is 6.54 Å². The van der Waals surface area contributed by atoms with Gasteiger partial charge in [0.25, 0.3) is 0 Å². The number of aryl methyl sites for hydroxylation is 1. The number of carbonyl (C=O) groups is 1. The molecule has 1 aliphatic carbocycles. The summed E-state index contributed by atoms with van der Waals surface area (Å²) in [7, 11) is 2.10. The summed E-state index contributed by atoms with van der Waals surface area (Å²) in [6, 6.07) is 6.29. The van der Waals surface area contributed by atoms with Gasteiger partial charge in [0.2, 0.25) is 0 Å². The predicted molar refractivity (Wildman–Crippen MR) is 92.7 cm³/mol. The van der Waals surface area contributed by atoms with Crippen LogP contribution in [0.4, 0.5) is 4.79 Å². The Bertz CT molecular complexity index is 722. The zero-order valence-corrected chi connectivity index (χ0v) is 14.4. The number of hydrogen-bond acceptors (Lipinski definition) is 2. The average molecular weight is 314 g/mol. The fourth-order valence-corrected chi connectivity index (χ4v) is 2.83. The first-order valence-corrected chi connectivity index (χ1v) is 8.35. The highest BCUT2D eigenvalue weighted by atomic mass is 16.2. The third-order valence-corrected chi connectivity index (χ3v) is 4.11. The summed E-state index contributed by atoms with van der Waals surface area (Å²) >= 11 is 0. The van der Waals surface area contributed by atoms with Gasteiger partial charge in [-0.15, -0.1) is 0 Å². The number of hydrogen-bond donors (Lipinski definition) is 2. The fourth-order valence-electron chi connectivity index (χ4n) is 2.83. The Balaban J connectivity index is 1.61. The number of rotatable bonds is 4. The molecule has 124 valence electrons. The Labute approximate surface area is 137 Å². The van der Waals surface area contributed by atoms with Crippen LogP contribution in [0.1, 0.15) is 50.9 Å². The van der Waals surface area contributed by atoms with Crippen LogP contribution in [0.2, 0.25) is 0 Å². The minimum absolute atomic E-state index is 0.118. The van der Waals surface area contributed by atoms with Gasteiger partial charge < -0.3 is 15.2 Å². The number of benzene rings is 1. The Morgan fingerprint density at radius 1 is 1.35 bits per heavy atom. The summed E-state index contributed by atoms with van der Waals surface area (Å²) in [5.74, 6) is 1.86. The first kappa shape index (κ1) is 15.8. The van der Waals surface area contributed by atoms with Crippen LogP contribution in [0.15, 0.2) is 18.2 Å². The number of urea groups is 1. The summed E-state index contributed by atoms with van der Waals surface area (Å²) in [5, 5.41) is 5.80. The maximum Gasteiger partial charge on any atom is 0.315 e. The molecule has 1 aromatic heterocycles. The van der Waals surface area contributed by atoms with E-state index >= 15 is 0 Å². The highest BCUT2D eigenvalue weighted by Crippen LogP contribution is 2.40. The summed E-state index contributed by atoms with van der Waals surface area (Å²) in [6.45, 7) is 6.53. The van der Waals surface area contributed by atoms with E-state index in [9.17, 15) is 4.79 Å². The van der Waals surface area contributed by atoms with Gasteiger partial charge in [-0.1, -0.05) is 6.07 Å². The van der Waals surface area contributed by atoms with E-state index in [0.29, 0.717) is 12.5 Å². The molecule has 0 bridgehead atoms. The Morgan fingerprint density at radius 3 is 2.74 bits per heavy atom. The third-order valence-electron chi connectivity index (χ3n) is 4.11. The molecule has 5 nitrogen and oxygen atoms in total. The molecule has 1 fully saturated rings. The van der Waals surface area contributed by atoms with E-state index in [1.165, 1.54) is 29.7 Å². The standard InChI is InChI=1S/C18H26N4O/c1-18(2,3)21-17(23)19-10-9-12-5-8-15-14(11-12)20-16(22(15)4)13-6-7-13/h5,8,11,13H,6-7,9-10H2,1-4H3,(H2,19,21,23). The van der Waals surface area contributed by atoms with Crippen molar-refractivity contribution >= 4 is 17.1 Å². The summed E-state index contributed by atoms with van der Waals surface area (Å²) in [6.07, 6.45) is 3.33. The van der Waals surface area contributed by atoms with Crippen molar-refractivity contribution in [2.45, 2.75) is 51.5 Å². The zero-order chi connectivity index (χ0) is 16.6. The van der Waals surface area contributed by atoms with Gasteiger partial charge in [-0.25, -0.2) is 9.78 Å². The number of nitrogens with zero attached hydrogens (tertiary/aromatic N) is 2. The van der Waals surface area contributed by atoms with Gasteiger partial charge in [-0.2, -0.15) is 0 Å². The lowest BCUT2D eigenvalue weighted by molar-refractivity contribution is 0.232. The highest BCUT2D eigenvalue weighted by molar-refractivity contribution is 5.77. The van der Waals surface area contributed by atoms with Crippen molar-refractivity contribution in [1.29, 1.82) is 0 Å². The van der Waals surface area contributed by atoms with E-state index < -0.39 is 0 Å². The van der Waals surface area contributed by atoms with E-state index in [0.717, 1.165) is 11.9 Å². The van der Waals surface area contributed by atoms with Gasteiger partial charge in [0.15, 0.2) is 0 Å². The van der Waals surface area contributed by atoms with E-state index in [1.807, 2.05) is 20.8 Å². The normalized spacial score (nSPS) is 15.0. The Kier molecular flexibility index (Phi) is 4.04. The highest BCUT2D eigenvalue weighted by Gasteiger charge is 2.28. The van der Waals surface area contributed by atoms with E-state index in [-0.39, 0.29) is 11.6 Å². The first-order chi connectivity index (χ1) is 10.8. The number of aromatic nitrogens is 2. The Morgan fingerprint density at radius 2 is 2.09 bits per heavy atom. The smallest absolute Gasteiger partial charge is 0.315 e. The van der Waals surface area contributed by atoms with Gasteiger partial charge in [0.1, 0.15) is 5.82 Å². The molecule has 1 heterocycles. The van der Waals surface area contributed by atoms with Gasteiger partial charge in [0.05, 0.1) is 11.0 Å². The van der Waals surface area contributed by atoms with Crippen molar-refractivity contribution in [3.8, 4) is 0 Å².